The van der Waals surface area contributed by atoms with Crippen molar-refractivity contribution in [1.29, 1.82) is 0 Å². The highest BCUT2D eigenvalue weighted by atomic mass is 14.8. The van der Waals surface area contributed by atoms with Crippen molar-refractivity contribution >= 4 is 0 Å². The fraction of sp³-hybridized carbons (Fsp3) is 0.429. The Balaban J connectivity index is 2.43. The lowest BCUT2D eigenvalue weighted by Crippen LogP contribution is -2.10. The maximum absolute atomic E-state index is 3.90. The van der Waals surface area contributed by atoms with Gasteiger partial charge in [-0.25, -0.2) is 9.97 Å². The summed E-state index contributed by atoms with van der Waals surface area (Å²) in [5, 5.41) is 3.06. The minimum Gasteiger partial charge on any atom is -0.319 e. The van der Waals surface area contributed by atoms with Crippen LogP contribution in [0.4, 0.5) is 0 Å². The van der Waals surface area contributed by atoms with Gasteiger partial charge in [-0.05, 0) is 25.6 Å². The zero-order chi connectivity index (χ0) is 7.23. The van der Waals surface area contributed by atoms with Crippen molar-refractivity contribution in [2.75, 3.05) is 13.6 Å². The van der Waals surface area contributed by atoms with Crippen LogP contribution in [0.5, 0.6) is 0 Å². The molecule has 0 aliphatic rings. The van der Waals surface area contributed by atoms with E-state index in [1.165, 1.54) is 5.56 Å². The van der Waals surface area contributed by atoms with E-state index in [4.69, 9.17) is 0 Å². The number of hydrogen-bond donors (Lipinski definition) is 1. The summed E-state index contributed by atoms with van der Waals surface area (Å²) in [6, 6.07) is 0. The second-order valence-electron chi connectivity index (χ2n) is 2.10. The first-order valence-electron chi connectivity index (χ1n) is 3.32. The molecule has 0 unspecified atom stereocenters. The fourth-order valence-corrected chi connectivity index (χ4v) is 0.728. The third-order valence-electron chi connectivity index (χ3n) is 1.28. The number of nitrogens with one attached hydrogen (secondary N) is 1. The summed E-state index contributed by atoms with van der Waals surface area (Å²) in [7, 11) is 1.93. The van der Waals surface area contributed by atoms with E-state index in [2.05, 4.69) is 15.3 Å². The van der Waals surface area contributed by atoms with Crippen molar-refractivity contribution in [2.45, 2.75) is 6.42 Å². The largest absolute Gasteiger partial charge is 0.319 e. The van der Waals surface area contributed by atoms with Gasteiger partial charge in [0.1, 0.15) is 6.33 Å². The van der Waals surface area contributed by atoms with Crippen LogP contribution in [0.3, 0.4) is 0 Å². The van der Waals surface area contributed by atoms with Crippen LogP contribution in [0.15, 0.2) is 18.7 Å². The lowest BCUT2D eigenvalue weighted by molar-refractivity contribution is 0.785. The molecule has 3 heteroatoms. The summed E-state index contributed by atoms with van der Waals surface area (Å²) >= 11 is 0. The van der Waals surface area contributed by atoms with Crippen LogP contribution < -0.4 is 5.32 Å². The Morgan fingerprint density at radius 2 is 2.10 bits per heavy atom. The van der Waals surface area contributed by atoms with Crippen LogP contribution in [0.1, 0.15) is 5.56 Å². The summed E-state index contributed by atoms with van der Waals surface area (Å²) in [6.45, 7) is 0.980. The molecular weight excluding hydrogens is 126 g/mol. The molecule has 0 spiro atoms. The number of aromatic nitrogens is 2. The van der Waals surface area contributed by atoms with Gasteiger partial charge in [0, 0.05) is 12.4 Å². The van der Waals surface area contributed by atoms with Gasteiger partial charge < -0.3 is 5.32 Å². The third-order valence-corrected chi connectivity index (χ3v) is 1.28. The minimum absolute atomic E-state index is 0.980. The Hall–Kier alpha value is -0.960. The van der Waals surface area contributed by atoms with Crippen LogP contribution in [0.2, 0.25) is 0 Å². The Kier molecular flexibility index (Phi) is 2.83. The molecule has 0 atom stereocenters. The average Bonchev–Trinajstić information content (AvgIpc) is 2.03. The summed E-state index contributed by atoms with van der Waals surface area (Å²) in [6.07, 6.45) is 6.22. The SMILES string of the molecule is CNCCc1cncnc1. The van der Waals surface area contributed by atoms with E-state index < -0.39 is 0 Å². The predicted octanol–water partition coefficient (Wildman–Crippen LogP) is 0.238. The minimum atomic E-state index is 0.980. The molecule has 1 heterocycles. The lowest BCUT2D eigenvalue weighted by atomic mass is 10.2. The standard InChI is InChI=1S/C7H11N3/c1-8-3-2-7-4-9-6-10-5-7/h4-6,8H,2-3H2,1H3. The van der Waals surface area contributed by atoms with Gasteiger partial charge in [0.15, 0.2) is 0 Å². The summed E-state index contributed by atoms with van der Waals surface area (Å²) in [5.74, 6) is 0. The molecule has 0 aliphatic carbocycles. The zero-order valence-electron chi connectivity index (χ0n) is 6.04. The molecule has 0 aromatic carbocycles. The molecule has 1 rings (SSSR count). The van der Waals surface area contributed by atoms with Crippen LogP contribution in [-0.2, 0) is 6.42 Å². The fourth-order valence-electron chi connectivity index (χ4n) is 0.728. The van der Waals surface area contributed by atoms with Crippen molar-refractivity contribution in [2.24, 2.45) is 0 Å². The van der Waals surface area contributed by atoms with Gasteiger partial charge in [0.05, 0.1) is 0 Å². The van der Waals surface area contributed by atoms with Crippen molar-refractivity contribution in [3.63, 3.8) is 0 Å². The van der Waals surface area contributed by atoms with Gasteiger partial charge in [0.2, 0.25) is 0 Å². The van der Waals surface area contributed by atoms with Crippen molar-refractivity contribution in [3.05, 3.63) is 24.3 Å². The van der Waals surface area contributed by atoms with Gasteiger partial charge in [0.25, 0.3) is 0 Å². The van der Waals surface area contributed by atoms with E-state index in [-0.39, 0.29) is 0 Å². The topological polar surface area (TPSA) is 37.8 Å². The van der Waals surface area contributed by atoms with Crippen LogP contribution >= 0.6 is 0 Å². The van der Waals surface area contributed by atoms with Gasteiger partial charge >= 0.3 is 0 Å². The zero-order valence-corrected chi connectivity index (χ0v) is 6.04. The van der Waals surface area contributed by atoms with E-state index in [1.807, 2.05) is 19.4 Å². The number of hydrogen-bond acceptors (Lipinski definition) is 3. The molecule has 0 fully saturated rings. The molecule has 1 N–H and O–H groups in total. The van der Waals surface area contributed by atoms with Crippen molar-refractivity contribution < 1.29 is 0 Å². The van der Waals surface area contributed by atoms with Gasteiger partial charge in [-0.3, -0.25) is 0 Å². The Morgan fingerprint density at radius 3 is 2.70 bits per heavy atom. The van der Waals surface area contributed by atoms with Gasteiger partial charge in [-0.15, -0.1) is 0 Å². The predicted molar refractivity (Wildman–Crippen MR) is 39.7 cm³/mol. The van der Waals surface area contributed by atoms with Crippen LogP contribution in [0, 0.1) is 0 Å². The Labute approximate surface area is 60.5 Å². The number of likely N-dealkylation sites (N-methyl/N-ethyl adjacent to an activating group) is 1. The highest BCUT2D eigenvalue weighted by Crippen LogP contribution is 1.91. The molecule has 0 radical (unpaired) electrons. The average molecular weight is 137 g/mol. The molecule has 0 saturated carbocycles. The Bertz CT molecular complexity index is 173. The molecule has 1 aromatic heterocycles. The van der Waals surface area contributed by atoms with Crippen LogP contribution in [0.25, 0.3) is 0 Å². The second-order valence-corrected chi connectivity index (χ2v) is 2.10. The molecule has 0 aliphatic heterocycles. The molecule has 0 bridgehead atoms. The third kappa shape index (κ3) is 2.11. The van der Waals surface area contributed by atoms with Crippen LogP contribution in [-0.4, -0.2) is 23.6 Å². The van der Waals surface area contributed by atoms with Gasteiger partial charge in [-0.2, -0.15) is 0 Å². The number of nitrogens with zero attached hydrogens (tertiary/aromatic N) is 2. The van der Waals surface area contributed by atoms with E-state index in [1.54, 1.807) is 6.33 Å². The first-order chi connectivity index (χ1) is 4.93. The first-order valence-corrected chi connectivity index (χ1v) is 3.32. The quantitative estimate of drug-likeness (QED) is 0.648. The first kappa shape index (κ1) is 7.15. The Morgan fingerprint density at radius 1 is 1.40 bits per heavy atom. The van der Waals surface area contributed by atoms with Gasteiger partial charge in [-0.1, -0.05) is 0 Å². The molecule has 3 nitrogen and oxygen atoms in total. The van der Waals surface area contributed by atoms with E-state index in [9.17, 15) is 0 Å². The summed E-state index contributed by atoms with van der Waals surface area (Å²) in [5.41, 5.74) is 1.18. The molecular formula is C7H11N3. The second kappa shape index (κ2) is 3.95. The molecule has 10 heavy (non-hydrogen) atoms. The number of rotatable bonds is 3. The maximum Gasteiger partial charge on any atom is 0.115 e. The highest BCUT2D eigenvalue weighted by molar-refractivity contribution is 5.02. The normalized spacial score (nSPS) is 9.70. The molecule has 54 valence electrons. The van der Waals surface area contributed by atoms with Crippen molar-refractivity contribution in [3.8, 4) is 0 Å². The monoisotopic (exact) mass is 137 g/mol. The smallest absolute Gasteiger partial charge is 0.115 e. The molecule has 0 amide bonds. The lowest BCUT2D eigenvalue weighted by Gasteiger charge is -1.96. The summed E-state index contributed by atoms with van der Waals surface area (Å²) < 4.78 is 0. The van der Waals surface area contributed by atoms with E-state index in [0.717, 1.165) is 13.0 Å². The summed E-state index contributed by atoms with van der Waals surface area (Å²) in [4.78, 5) is 7.80. The van der Waals surface area contributed by atoms with E-state index in [0.29, 0.717) is 0 Å². The van der Waals surface area contributed by atoms with Crippen molar-refractivity contribution in [1.82, 2.24) is 15.3 Å². The molecule has 0 saturated heterocycles. The highest BCUT2D eigenvalue weighted by Gasteiger charge is 1.88. The van der Waals surface area contributed by atoms with E-state index >= 15 is 0 Å². The maximum atomic E-state index is 3.90. The molecule has 1 aromatic rings.